The third-order valence-electron chi connectivity index (χ3n) is 6.04. The van der Waals surface area contributed by atoms with Gasteiger partial charge in [-0.3, -0.25) is 14.5 Å². The molecule has 2 bridgehead atoms. The summed E-state index contributed by atoms with van der Waals surface area (Å²) in [6, 6.07) is 7.74. The highest BCUT2D eigenvalue weighted by Crippen LogP contribution is 2.65. The molecule has 0 unspecified atom stereocenters. The number of likely N-dealkylation sites (tertiary alicyclic amines) is 1. The zero-order valence-electron chi connectivity index (χ0n) is 12.5. The van der Waals surface area contributed by atoms with Crippen molar-refractivity contribution in [2.24, 2.45) is 35.5 Å². The number of benzene rings is 1. The van der Waals surface area contributed by atoms with Crippen LogP contribution in [-0.4, -0.2) is 23.4 Å². The number of carbonyl (C=O) groups is 2. The van der Waals surface area contributed by atoms with Crippen LogP contribution in [0.15, 0.2) is 40.9 Å². The van der Waals surface area contributed by atoms with Gasteiger partial charge < -0.3 is 5.32 Å². The van der Waals surface area contributed by atoms with Gasteiger partial charge in [-0.15, -0.1) is 0 Å². The van der Waals surface area contributed by atoms with Gasteiger partial charge in [0, 0.05) is 10.2 Å². The fraction of sp³-hybridized carbons (Fsp3) is 0.444. The maximum Gasteiger partial charge on any atom is 0.235 e. The Labute approximate surface area is 143 Å². The van der Waals surface area contributed by atoms with Crippen LogP contribution in [0.1, 0.15) is 6.42 Å². The van der Waals surface area contributed by atoms with E-state index in [1.807, 2.05) is 24.3 Å². The Morgan fingerprint density at radius 1 is 1.00 bits per heavy atom. The van der Waals surface area contributed by atoms with E-state index in [1.165, 1.54) is 11.3 Å². The molecule has 1 heterocycles. The monoisotopic (exact) mass is 372 g/mol. The summed E-state index contributed by atoms with van der Waals surface area (Å²) < 4.78 is 1.00. The first kappa shape index (κ1) is 13.8. The second-order valence-electron chi connectivity index (χ2n) is 7.10. The summed E-state index contributed by atoms with van der Waals surface area (Å²) in [5, 5.41) is 3.20. The average Bonchev–Trinajstić information content (AvgIpc) is 3.33. The molecule has 23 heavy (non-hydrogen) atoms. The molecule has 2 saturated carbocycles. The lowest BCUT2D eigenvalue weighted by molar-refractivity contribution is -0.139. The van der Waals surface area contributed by atoms with Gasteiger partial charge in [0.05, 0.1) is 18.5 Å². The standard InChI is InChI=1S/C18H17BrN2O2/c19-9-1-3-10(4-2-9)20-8-21-17(22)15-11-5-6-12(14-7-13(11)14)16(15)18(21)23/h1-6,11-16,20H,7-8H2/t11-,12-,13+,14+,15-,16-/m1/s1. The minimum absolute atomic E-state index is 0.0225. The van der Waals surface area contributed by atoms with E-state index in [9.17, 15) is 9.59 Å². The Kier molecular flexibility index (Phi) is 2.81. The maximum absolute atomic E-state index is 12.8. The van der Waals surface area contributed by atoms with E-state index in [0.717, 1.165) is 10.2 Å². The van der Waals surface area contributed by atoms with Gasteiger partial charge >= 0.3 is 0 Å². The van der Waals surface area contributed by atoms with Crippen molar-refractivity contribution < 1.29 is 9.59 Å². The van der Waals surface area contributed by atoms with Gasteiger partial charge in [0.1, 0.15) is 0 Å². The van der Waals surface area contributed by atoms with E-state index in [4.69, 9.17) is 0 Å². The Morgan fingerprint density at radius 3 is 2.13 bits per heavy atom. The quantitative estimate of drug-likeness (QED) is 0.655. The highest BCUT2D eigenvalue weighted by molar-refractivity contribution is 9.10. The average molecular weight is 373 g/mol. The maximum atomic E-state index is 12.8. The molecule has 0 radical (unpaired) electrons. The van der Waals surface area contributed by atoms with Gasteiger partial charge in [0.2, 0.25) is 11.8 Å². The largest absolute Gasteiger partial charge is 0.367 e. The number of halogens is 1. The Hall–Kier alpha value is -1.62. The second kappa shape index (κ2) is 4.69. The van der Waals surface area contributed by atoms with E-state index in [1.54, 1.807) is 0 Å². The highest BCUT2D eigenvalue weighted by Gasteiger charge is 2.66. The van der Waals surface area contributed by atoms with Gasteiger partial charge in [-0.1, -0.05) is 28.1 Å². The SMILES string of the molecule is O=C1[C@@H]2[C@@H]3C=C[C@H]([C@@H]4C[C@@H]34)[C@H]2C(=O)N1CNc1ccc(Br)cc1. The van der Waals surface area contributed by atoms with Crippen LogP contribution in [-0.2, 0) is 9.59 Å². The van der Waals surface area contributed by atoms with Crippen molar-refractivity contribution in [1.29, 1.82) is 0 Å². The molecule has 118 valence electrons. The summed E-state index contributed by atoms with van der Waals surface area (Å²) >= 11 is 3.40. The fourth-order valence-corrected chi connectivity index (χ4v) is 5.18. The Bertz CT molecular complexity index is 693. The summed E-state index contributed by atoms with van der Waals surface area (Å²) in [6.45, 7) is 0.265. The van der Waals surface area contributed by atoms with Crippen molar-refractivity contribution in [3.8, 4) is 0 Å². The molecule has 5 aliphatic rings. The lowest BCUT2D eigenvalue weighted by Gasteiger charge is -2.37. The van der Waals surface area contributed by atoms with Gasteiger partial charge in [-0.25, -0.2) is 0 Å². The number of rotatable bonds is 3. The van der Waals surface area contributed by atoms with Gasteiger partial charge in [-0.2, -0.15) is 0 Å². The van der Waals surface area contributed by atoms with Crippen molar-refractivity contribution in [2.75, 3.05) is 12.0 Å². The number of hydrogen-bond donors (Lipinski definition) is 1. The number of nitrogens with one attached hydrogen (secondary N) is 1. The van der Waals surface area contributed by atoms with Crippen molar-refractivity contribution >= 4 is 33.4 Å². The lowest BCUT2D eigenvalue weighted by Crippen LogP contribution is -2.40. The first-order chi connectivity index (χ1) is 11.1. The molecule has 2 amide bonds. The normalized spacial score (nSPS) is 39.4. The molecular formula is C18H17BrN2O2. The van der Waals surface area contributed by atoms with Crippen LogP contribution in [0, 0.1) is 35.5 Å². The lowest BCUT2D eigenvalue weighted by atomic mass is 9.63. The van der Waals surface area contributed by atoms with E-state index < -0.39 is 0 Å². The smallest absolute Gasteiger partial charge is 0.235 e. The molecule has 1 aromatic rings. The van der Waals surface area contributed by atoms with Gasteiger partial charge in [-0.05, 0) is 54.4 Å². The molecule has 4 nitrogen and oxygen atoms in total. The minimum atomic E-state index is -0.104. The molecule has 1 aromatic carbocycles. The van der Waals surface area contributed by atoms with Crippen molar-refractivity contribution in [3.05, 3.63) is 40.9 Å². The van der Waals surface area contributed by atoms with E-state index >= 15 is 0 Å². The zero-order valence-corrected chi connectivity index (χ0v) is 14.1. The summed E-state index contributed by atoms with van der Waals surface area (Å²) in [7, 11) is 0. The van der Waals surface area contributed by atoms with Crippen LogP contribution in [0.2, 0.25) is 0 Å². The number of imide groups is 1. The number of nitrogens with zero attached hydrogens (tertiary/aromatic N) is 1. The summed E-state index contributed by atoms with van der Waals surface area (Å²) in [5.41, 5.74) is 0.910. The Morgan fingerprint density at radius 2 is 1.57 bits per heavy atom. The van der Waals surface area contributed by atoms with Crippen LogP contribution in [0.25, 0.3) is 0 Å². The third-order valence-corrected chi connectivity index (χ3v) is 6.57. The molecular weight excluding hydrogens is 356 g/mol. The minimum Gasteiger partial charge on any atom is -0.367 e. The predicted octanol–water partition coefficient (Wildman–Crippen LogP) is 2.87. The van der Waals surface area contributed by atoms with Crippen LogP contribution < -0.4 is 5.32 Å². The summed E-state index contributed by atoms with van der Waals surface area (Å²) in [6.07, 6.45) is 5.61. The highest BCUT2D eigenvalue weighted by atomic mass is 79.9. The van der Waals surface area contributed by atoms with Crippen LogP contribution in [0.3, 0.4) is 0 Å². The molecule has 0 aromatic heterocycles. The van der Waals surface area contributed by atoms with Crippen molar-refractivity contribution in [2.45, 2.75) is 6.42 Å². The topological polar surface area (TPSA) is 49.4 Å². The summed E-state index contributed by atoms with van der Waals surface area (Å²) in [4.78, 5) is 27.0. The summed E-state index contributed by atoms with van der Waals surface area (Å²) in [5.74, 6) is 1.74. The first-order valence-corrected chi connectivity index (χ1v) is 8.97. The Balaban J connectivity index is 1.36. The van der Waals surface area contributed by atoms with Gasteiger partial charge in [0.15, 0.2) is 0 Å². The number of anilines is 1. The molecule has 0 spiro atoms. The second-order valence-corrected chi connectivity index (χ2v) is 8.02. The third kappa shape index (κ3) is 1.89. The molecule has 3 fully saturated rings. The van der Waals surface area contributed by atoms with Crippen LogP contribution >= 0.6 is 15.9 Å². The molecule has 4 aliphatic carbocycles. The van der Waals surface area contributed by atoms with Gasteiger partial charge in [0.25, 0.3) is 0 Å². The molecule has 1 aliphatic heterocycles. The van der Waals surface area contributed by atoms with Crippen LogP contribution in [0.4, 0.5) is 5.69 Å². The number of amides is 2. The van der Waals surface area contributed by atoms with E-state index in [2.05, 4.69) is 33.4 Å². The van der Waals surface area contributed by atoms with Crippen LogP contribution in [0.5, 0.6) is 0 Å². The van der Waals surface area contributed by atoms with E-state index in [-0.39, 0.29) is 30.3 Å². The van der Waals surface area contributed by atoms with Crippen molar-refractivity contribution in [1.82, 2.24) is 4.90 Å². The fourth-order valence-electron chi connectivity index (χ4n) is 4.91. The molecule has 1 N–H and O–H groups in total. The molecule has 6 rings (SSSR count). The molecule has 5 heteroatoms. The van der Waals surface area contributed by atoms with E-state index in [0.29, 0.717) is 23.7 Å². The molecule has 6 atom stereocenters. The number of hydrogen-bond acceptors (Lipinski definition) is 3. The zero-order chi connectivity index (χ0) is 15.7. The number of allylic oxidation sites excluding steroid dienone is 2. The predicted molar refractivity (Wildman–Crippen MR) is 89.2 cm³/mol. The molecule has 1 saturated heterocycles. The number of carbonyl (C=O) groups excluding carboxylic acids is 2. The van der Waals surface area contributed by atoms with Crippen molar-refractivity contribution in [3.63, 3.8) is 0 Å². The first-order valence-electron chi connectivity index (χ1n) is 8.18.